The molecule has 1 N–H and O–H groups in total. The van der Waals surface area contributed by atoms with Gasteiger partial charge in [-0.05, 0) is 42.9 Å². The Kier molecular flexibility index (Phi) is 4.25. The lowest BCUT2D eigenvalue weighted by atomic mass is 10.1. The van der Waals surface area contributed by atoms with Gasteiger partial charge in [0.1, 0.15) is 0 Å². The van der Waals surface area contributed by atoms with Gasteiger partial charge in [-0.25, -0.2) is 0 Å². The second kappa shape index (κ2) is 5.70. The van der Waals surface area contributed by atoms with E-state index in [1.165, 1.54) is 31.2 Å². The molecule has 0 spiro atoms. The molecular formula is C14H20ClN. The minimum Gasteiger partial charge on any atom is -0.310 e. The Hall–Kier alpha value is -0.530. The third-order valence-electron chi connectivity index (χ3n) is 3.60. The molecule has 2 atom stereocenters. The first-order valence-corrected chi connectivity index (χ1v) is 6.63. The van der Waals surface area contributed by atoms with Crippen molar-refractivity contribution in [2.24, 2.45) is 5.92 Å². The number of halogens is 1. The van der Waals surface area contributed by atoms with Gasteiger partial charge < -0.3 is 5.32 Å². The minimum absolute atomic E-state index is 0.712. The lowest BCUT2D eigenvalue weighted by Gasteiger charge is -2.12. The molecule has 2 unspecified atom stereocenters. The molecule has 88 valence electrons. The number of hydrogen-bond acceptors (Lipinski definition) is 1. The van der Waals surface area contributed by atoms with Crippen LogP contribution in [0, 0.1) is 5.92 Å². The average molecular weight is 238 g/mol. The second-order valence-electron chi connectivity index (χ2n) is 4.80. The summed E-state index contributed by atoms with van der Waals surface area (Å²) in [5.74, 6) is 0.942. The first-order chi connectivity index (χ1) is 7.78. The zero-order chi connectivity index (χ0) is 11.4. The van der Waals surface area contributed by atoms with E-state index in [0.29, 0.717) is 6.04 Å². The quantitative estimate of drug-likeness (QED) is 0.835. The van der Waals surface area contributed by atoms with Crippen molar-refractivity contribution in [2.75, 3.05) is 0 Å². The molecule has 1 nitrogen and oxygen atoms in total. The first kappa shape index (κ1) is 11.9. The fraction of sp³-hybridized carbons (Fsp3) is 0.571. The fourth-order valence-corrected chi connectivity index (χ4v) is 2.75. The van der Waals surface area contributed by atoms with Gasteiger partial charge in [0.15, 0.2) is 0 Å². The van der Waals surface area contributed by atoms with E-state index in [4.69, 9.17) is 11.6 Å². The summed E-state index contributed by atoms with van der Waals surface area (Å²) in [5, 5.41) is 4.46. The predicted octanol–water partition coefficient (Wildman–Crippen LogP) is 4.01. The van der Waals surface area contributed by atoms with Crippen molar-refractivity contribution >= 4 is 11.6 Å². The SMILES string of the molecule is CCC1CCC(NCc2cccc(Cl)c2)C1. The molecule has 2 rings (SSSR count). The normalized spacial score (nSPS) is 24.9. The molecule has 0 aromatic heterocycles. The van der Waals surface area contributed by atoms with E-state index >= 15 is 0 Å². The van der Waals surface area contributed by atoms with Crippen molar-refractivity contribution in [3.05, 3.63) is 34.9 Å². The van der Waals surface area contributed by atoms with E-state index in [2.05, 4.69) is 18.3 Å². The van der Waals surface area contributed by atoms with Gasteiger partial charge in [-0.1, -0.05) is 37.1 Å². The van der Waals surface area contributed by atoms with E-state index < -0.39 is 0 Å². The summed E-state index contributed by atoms with van der Waals surface area (Å²) in [4.78, 5) is 0. The Balaban J connectivity index is 1.80. The molecule has 16 heavy (non-hydrogen) atoms. The van der Waals surface area contributed by atoms with Crippen LogP contribution in [0.25, 0.3) is 0 Å². The van der Waals surface area contributed by atoms with Crippen molar-refractivity contribution in [1.82, 2.24) is 5.32 Å². The second-order valence-corrected chi connectivity index (χ2v) is 5.23. The van der Waals surface area contributed by atoms with E-state index in [0.717, 1.165) is 17.5 Å². The lowest BCUT2D eigenvalue weighted by Crippen LogP contribution is -2.25. The standard InChI is InChI=1S/C14H20ClN/c1-2-11-6-7-14(9-11)16-10-12-4-3-5-13(15)8-12/h3-5,8,11,14,16H,2,6-7,9-10H2,1H3. The highest BCUT2D eigenvalue weighted by Gasteiger charge is 2.22. The summed E-state index contributed by atoms with van der Waals surface area (Å²) in [7, 11) is 0. The lowest BCUT2D eigenvalue weighted by molar-refractivity contribution is 0.477. The van der Waals surface area contributed by atoms with Crippen molar-refractivity contribution in [1.29, 1.82) is 0 Å². The molecule has 0 radical (unpaired) electrons. The van der Waals surface area contributed by atoms with Gasteiger partial charge in [-0.3, -0.25) is 0 Å². The van der Waals surface area contributed by atoms with E-state index in [9.17, 15) is 0 Å². The van der Waals surface area contributed by atoms with Crippen LogP contribution in [-0.4, -0.2) is 6.04 Å². The van der Waals surface area contributed by atoms with Crippen LogP contribution in [0.5, 0.6) is 0 Å². The highest BCUT2D eigenvalue weighted by molar-refractivity contribution is 6.30. The maximum Gasteiger partial charge on any atom is 0.0409 e. The van der Waals surface area contributed by atoms with E-state index in [-0.39, 0.29) is 0 Å². The first-order valence-electron chi connectivity index (χ1n) is 6.25. The summed E-state index contributed by atoms with van der Waals surface area (Å²) >= 11 is 5.96. The molecule has 1 fully saturated rings. The van der Waals surface area contributed by atoms with Crippen LogP contribution in [0.3, 0.4) is 0 Å². The van der Waals surface area contributed by atoms with Gasteiger partial charge >= 0.3 is 0 Å². The molecule has 2 heteroatoms. The number of nitrogens with one attached hydrogen (secondary N) is 1. The molecule has 0 saturated heterocycles. The summed E-state index contributed by atoms with van der Waals surface area (Å²) in [6.07, 6.45) is 5.40. The van der Waals surface area contributed by atoms with Crippen molar-refractivity contribution in [3.8, 4) is 0 Å². The molecule has 0 amide bonds. The molecular weight excluding hydrogens is 218 g/mol. The Morgan fingerprint density at radius 2 is 2.25 bits per heavy atom. The van der Waals surface area contributed by atoms with Gasteiger partial charge in [-0.15, -0.1) is 0 Å². The van der Waals surface area contributed by atoms with Crippen LogP contribution in [0.15, 0.2) is 24.3 Å². The molecule has 0 aliphatic heterocycles. The maximum atomic E-state index is 5.96. The third-order valence-corrected chi connectivity index (χ3v) is 3.84. The summed E-state index contributed by atoms with van der Waals surface area (Å²) in [5.41, 5.74) is 1.28. The molecule has 1 saturated carbocycles. The molecule has 0 bridgehead atoms. The van der Waals surface area contributed by atoms with Crippen LogP contribution in [0.4, 0.5) is 0 Å². The highest BCUT2D eigenvalue weighted by Crippen LogP contribution is 2.28. The molecule has 1 aromatic carbocycles. The van der Waals surface area contributed by atoms with Crippen LogP contribution >= 0.6 is 11.6 Å². The Labute approximate surface area is 103 Å². The maximum absolute atomic E-state index is 5.96. The average Bonchev–Trinajstić information content (AvgIpc) is 2.74. The van der Waals surface area contributed by atoms with Gasteiger partial charge in [0.25, 0.3) is 0 Å². The largest absolute Gasteiger partial charge is 0.310 e. The van der Waals surface area contributed by atoms with Gasteiger partial charge in [0.05, 0.1) is 0 Å². The number of rotatable bonds is 4. The fourth-order valence-electron chi connectivity index (χ4n) is 2.54. The smallest absolute Gasteiger partial charge is 0.0409 e. The van der Waals surface area contributed by atoms with Gasteiger partial charge in [0.2, 0.25) is 0 Å². The monoisotopic (exact) mass is 237 g/mol. The molecule has 1 aliphatic rings. The number of hydrogen-bond donors (Lipinski definition) is 1. The Morgan fingerprint density at radius 3 is 2.94 bits per heavy atom. The van der Waals surface area contributed by atoms with Crippen LogP contribution in [0.1, 0.15) is 38.2 Å². The van der Waals surface area contributed by atoms with E-state index in [1.54, 1.807) is 0 Å². The van der Waals surface area contributed by atoms with Gasteiger partial charge in [0, 0.05) is 17.6 Å². The van der Waals surface area contributed by atoms with Gasteiger partial charge in [-0.2, -0.15) is 0 Å². The molecule has 0 heterocycles. The van der Waals surface area contributed by atoms with Crippen molar-refractivity contribution in [2.45, 2.75) is 45.2 Å². The highest BCUT2D eigenvalue weighted by atomic mass is 35.5. The van der Waals surface area contributed by atoms with Crippen LogP contribution in [0.2, 0.25) is 5.02 Å². The van der Waals surface area contributed by atoms with Crippen molar-refractivity contribution in [3.63, 3.8) is 0 Å². The Bertz CT molecular complexity index is 337. The Morgan fingerprint density at radius 1 is 1.38 bits per heavy atom. The van der Waals surface area contributed by atoms with E-state index in [1.807, 2.05) is 18.2 Å². The molecule has 1 aromatic rings. The zero-order valence-corrected chi connectivity index (χ0v) is 10.6. The summed E-state index contributed by atoms with van der Waals surface area (Å²) in [6.45, 7) is 3.24. The van der Waals surface area contributed by atoms with Crippen molar-refractivity contribution < 1.29 is 0 Å². The minimum atomic E-state index is 0.712. The summed E-state index contributed by atoms with van der Waals surface area (Å²) < 4.78 is 0. The van der Waals surface area contributed by atoms with Crippen LogP contribution in [-0.2, 0) is 6.54 Å². The third kappa shape index (κ3) is 3.23. The number of benzene rings is 1. The summed E-state index contributed by atoms with van der Waals surface area (Å²) in [6, 6.07) is 8.83. The topological polar surface area (TPSA) is 12.0 Å². The predicted molar refractivity (Wildman–Crippen MR) is 69.7 cm³/mol. The van der Waals surface area contributed by atoms with Crippen LogP contribution < -0.4 is 5.32 Å². The molecule has 1 aliphatic carbocycles. The zero-order valence-electron chi connectivity index (χ0n) is 9.88.